The summed E-state index contributed by atoms with van der Waals surface area (Å²) in [4.78, 5) is 28.0. The van der Waals surface area contributed by atoms with Gasteiger partial charge in [-0.1, -0.05) is 18.2 Å². The average molecular weight is 522 g/mol. The smallest absolute Gasteiger partial charge is 0.223 e. The lowest BCUT2D eigenvalue weighted by molar-refractivity contribution is -0.120. The van der Waals surface area contributed by atoms with Gasteiger partial charge in [-0.05, 0) is 59.1 Å². The van der Waals surface area contributed by atoms with Crippen LogP contribution >= 0.6 is 15.9 Å². The molecule has 1 aliphatic heterocycles. The highest BCUT2D eigenvalue weighted by atomic mass is 79.9. The van der Waals surface area contributed by atoms with E-state index in [-0.39, 0.29) is 28.9 Å². The highest BCUT2D eigenvalue weighted by Crippen LogP contribution is 2.36. The van der Waals surface area contributed by atoms with Crippen LogP contribution in [0, 0.1) is 0 Å². The first-order valence-electron chi connectivity index (χ1n) is 10.6. The number of likely N-dealkylation sites (N-methyl/N-ethyl adjacent to an activating group) is 1. The van der Waals surface area contributed by atoms with Gasteiger partial charge in [0.25, 0.3) is 0 Å². The Morgan fingerprint density at radius 1 is 1.19 bits per heavy atom. The van der Waals surface area contributed by atoms with Crippen LogP contribution in [0.5, 0.6) is 0 Å². The minimum absolute atomic E-state index is 0.110. The fraction of sp³-hybridized carbons (Fsp3) is 0.391. The molecule has 2 amide bonds. The number of nitrogens with one attached hydrogen (secondary N) is 1. The van der Waals surface area contributed by atoms with Crippen LogP contribution in [-0.2, 0) is 25.8 Å². The standard InChI is InChI=1S/C23H28BrN3O4S/c1-3-26(19-7-5-4-6-8-19)13-11-25-23(29)10-14-32(30,31)22-16-21-18(15-20(22)24)9-12-27(21)17(2)28/h4-8,15-16H,3,9-14H2,1-2H3,(H,25,29). The molecule has 1 N–H and O–H groups in total. The normalized spacial score (nSPS) is 13.0. The lowest BCUT2D eigenvalue weighted by Crippen LogP contribution is -2.35. The van der Waals surface area contributed by atoms with Gasteiger partial charge < -0.3 is 15.1 Å². The summed E-state index contributed by atoms with van der Waals surface area (Å²) in [6.45, 7) is 5.92. The summed E-state index contributed by atoms with van der Waals surface area (Å²) in [5.41, 5.74) is 2.64. The van der Waals surface area contributed by atoms with Crippen LogP contribution in [0.3, 0.4) is 0 Å². The van der Waals surface area contributed by atoms with Gasteiger partial charge in [-0.25, -0.2) is 8.42 Å². The van der Waals surface area contributed by atoms with Crippen LogP contribution < -0.4 is 15.1 Å². The van der Waals surface area contributed by atoms with E-state index in [1.807, 2.05) is 37.3 Å². The monoisotopic (exact) mass is 521 g/mol. The Bertz CT molecular complexity index is 1090. The van der Waals surface area contributed by atoms with Crippen LogP contribution in [0.15, 0.2) is 51.8 Å². The van der Waals surface area contributed by atoms with E-state index in [1.54, 1.807) is 17.0 Å². The number of carbonyl (C=O) groups is 2. The molecule has 0 radical (unpaired) electrons. The maximum absolute atomic E-state index is 12.9. The van der Waals surface area contributed by atoms with Gasteiger partial charge in [-0.15, -0.1) is 0 Å². The minimum atomic E-state index is -3.70. The van der Waals surface area contributed by atoms with Crippen LogP contribution in [0.1, 0.15) is 25.8 Å². The molecular formula is C23H28BrN3O4S. The van der Waals surface area contributed by atoms with Crippen molar-refractivity contribution >= 4 is 49.0 Å². The number of hydrogen-bond acceptors (Lipinski definition) is 5. The molecule has 172 valence electrons. The third-order valence-electron chi connectivity index (χ3n) is 5.55. The number of anilines is 2. The predicted octanol–water partition coefficient (Wildman–Crippen LogP) is 3.16. The molecule has 0 bridgehead atoms. The zero-order valence-electron chi connectivity index (χ0n) is 18.3. The van der Waals surface area contributed by atoms with Crippen molar-refractivity contribution in [1.82, 2.24) is 5.32 Å². The quantitative estimate of drug-likeness (QED) is 0.547. The number of carbonyl (C=O) groups excluding carboxylic acids is 2. The highest BCUT2D eigenvalue weighted by molar-refractivity contribution is 9.10. The highest BCUT2D eigenvalue weighted by Gasteiger charge is 2.27. The third-order valence-corrected chi connectivity index (χ3v) is 8.22. The molecule has 0 saturated heterocycles. The Hall–Kier alpha value is -2.39. The summed E-state index contributed by atoms with van der Waals surface area (Å²) in [6, 6.07) is 13.2. The van der Waals surface area contributed by atoms with Gasteiger partial charge in [0.1, 0.15) is 0 Å². The lowest BCUT2D eigenvalue weighted by atomic mass is 10.2. The average Bonchev–Trinajstić information content (AvgIpc) is 3.18. The van der Waals surface area contributed by atoms with Crippen molar-refractivity contribution in [2.45, 2.75) is 31.6 Å². The van der Waals surface area contributed by atoms with Crippen molar-refractivity contribution in [2.24, 2.45) is 0 Å². The summed E-state index contributed by atoms with van der Waals surface area (Å²) < 4.78 is 26.3. The second kappa shape index (κ2) is 10.5. The van der Waals surface area contributed by atoms with Gasteiger partial charge in [0, 0.05) is 55.4 Å². The molecule has 32 heavy (non-hydrogen) atoms. The van der Waals surface area contributed by atoms with E-state index in [9.17, 15) is 18.0 Å². The van der Waals surface area contributed by atoms with Crippen LogP contribution in [0.4, 0.5) is 11.4 Å². The summed E-state index contributed by atoms with van der Waals surface area (Å²) in [5.74, 6) is -0.724. The first kappa shape index (κ1) is 24.3. The van der Waals surface area contributed by atoms with Crippen molar-refractivity contribution in [2.75, 3.05) is 41.7 Å². The number of sulfone groups is 1. The predicted molar refractivity (Wildman–Crippen MR) is 130 cm³/mol. The molecule has 0 spiro atoms. The van der Waals surface area contributed by atoms with E-state index in [2.05, 4.69) is 26.1 Å². The Balaban J connectivity index is 1.58. The number of benzene rings is 2. The second-order valence-corrected chi connectivity index (χ2v) is 10.6. The van der Waals surface area contributed by atoms with E-state index in [0.29, 0.717) is 36.2 Å². The number of halogens is 1. The molecule has 2 aromatic rings. The molecule has 0 fully saturated rings. The molecule has 1 heterocycles. The fourth-order valence-corrected chi connectivity index (χ4v) is 6.27. The molecule has 7 nitrogen and oxygen atoms in total. The Morgan fingerprint density at radius 2 is 1.91 bits per heavy atom. The molecule has 2 aromatic carbocycles. The van der Waals surface area contributed by atoms with Gasteiger partial charge in [-0.2, -0.15) is 0 Å². The maximum atomic E-state index is 12.9. The Morgan fingerprint density at radius 3 is 2.56 bits per heavy atom. The van der Waals surface area contributed by atoms with Crippen molar-refractivity contribution in [3.63, 3.8) is 0 Å². The topological polar surface area (TPSA) is 86.8 Å². The fourth-order valence-electron chi connectivity index (χ4n) is 3.82. The van der Waals surface area contributed by atoms with Crippen molar-refractivity contribution in [1.29, 1.82) is 0 Å². The zero-order chi connectivity index (χ0) is 23.3. The summed E-state index contributed by atoms with van der Waals surface area (Å²) in [6.07, 6.45) is 0.563. The lowest BCUT2D eigenvalue weighted by Gasteiger charge is -2.23. The second-order valence-electron chi connectivity index (χ2n) is 7.67. The maximum Gasteiger partial charge on any atom is 0.223 e. The number of hydrogen-bond donors (Lipinski definition) is 1. The molecule has 0 unspecified atom stereocenters. The Labute approximate surface area is 197 Å². The summed E-state index contributed by atoms with van der Waals surface area (Å²) >= 11 is 3.35. The molecular weight excluding hydrogens is 494 g/mol. The zero-order valence-corrected chi connectivity index (χ0v) is 20.7. The van der Waals surface area contributed by atoms with Crippen LogP contribution in [0.2, 0.25) is 0 Å². The van der Waals surface area contributed by atoms with Crippen molar-refractivity contribution < 1.29 is 18.0 Å². The number of nitrogens with zero attached hydrogens (tertiary/aromatic N) is 2. The van der Waals surface area contributed by atoms with Gasteiger partial charge in [0.2, 0.25) is 11.8 Å². The van der Waals surface area contributed by atoms with Crippen molar-refractivity contribution in [3.8, 4) is 0 Å². The van der Waals surface area contributed by atoms with Gasteiger partial charge in [-0.3, -0.25) is 9.59 Å². The number of amides is 2. The number of para-hydroxylation sites is 1. The van der Waals surface area contributed by atoms with E-state index in [0.717, 1.165) is 17.8 Å². The molecule has 9 heteroatoms. The van der Waals surface area contributed by atoms with E-state index in [4.69, 9.17) is 0 Å². The van der Waals surface area contributed by atoms with Gasteiger partial charge >= 0.3 is 0 Å². The first-order valence-corrected chi connectivity index (χ1v) is 13.1. The first-order chi connectivity index (χ1) is 15.2. The SMILES string of the molecule is CCN(CCNC(=O)CCS(=O)(=O)c1cc2c(cc1Br)CCN2C(C)=O)c1ccccc1. The molecule has 1 aliphatic rings. The molecule has 3 rings (SSSR count). The van der Waals surface area contributed by atoms with Gasteiger partial charge in [0.05, 0.1) is 10.6 Å². The van der Waals surface area contributed by atoms with E-state index < -0.39 is 9.84 Å². The number of fused-ring (bicyclic) bond motifs is 1. The molecule has 0 atom stereocenters. The van der Waals surface area contributed by atoms with E-state index in [1.165, 1.54) is 6.92 Å². The van der Waals surface area contributed by atoms with Crippen LogP contribution in [0.25, 0.3) is 0 Å². The van der Waals surface area contributed by atoms with E-state index >= 15 is 0 Å². The van der Waals surface area contributed by atoms with Crippen molar-refractivity contribution in [3.05, 3.63) is 52.5 Å². The Kier molecular flexibility index (Phi) is 7.95. The number of rotatable bonds is 9. The van der Waals surface area contributed by atoms with Crippen LogP contribution in [-0.4, -0.2) is 52.2 Å². The molecule has 0 saturated carbocycles. The third kappa shape index (κ3) is 5.69. The van der Waals surface area contributed by atoms with Gasteiger partial charge in [0.15, 0.2) is 9.84 Å². The molecule has 0 aliphatic carbocycles. The largest absolute Gasteiger partial charge is 0.370 e. The minimum Gasteiger partial charge on any atom is -0.370 e. The summed E-state index contributed by atoms with van der Waals surface area (Å²) in [5, 5.41) is 2.81. The molecule has 0 aromatic heterocycles. The summed E-state index contributed by atoms with van der Waals surface area (Å²) in [7, 11) is -3.70.